The van der Waals surface area contributed by atoms with Crippen molar-refractivity contribution in [2.24, 2.45) is 4.99 Å². The van der Waals surface area contributed by atoms with Gasteiger partial charge in [-0.1, -0.05) is 6.07 Å². The van der Waals surface area contributed by atoms with Crippen LogP contribution in [-0.2, 0) is 6.54 Å². The zero-order valence-electron chi connectivity index (χ0n) is 11.8. The van der Waals surface area contributed by atoms with Crippen LogP contribution in [0.1, 0.15) is 29.4 Å². The van der Waals surface area contributed by atoms with E-state index in [1.54, 1.807) is 18.4 Å². The molecule has 0 aromatic carbocycles. The van der Waals surface area contributed by atoms with Crippen LogP contribution in [0, 0.1) is 6.92 Å². The maximum Gasteiger partial charge on any atom is 0.191 e. The SMILES string of the molecule is CN=C(NCc1cccs1)NC(C)c1ccc(C)o1.I. The molecule has 0 aliphatic rings. The number of aliphatic imine (C=N–C) groups is 1. The molecule has 1 unspecified atom stereocenters. The predicted molar refractivity (Wildman–Crippen MR) is 94.9 cm³/mol. The standard InChI is InChI=1S/C14H19N3OS.HI/c1-10-6-7-13(18-10)11(2)17-14(15-3)16-9-12-5-4-8-19-12;/h4-8,11H,9H2,1-3H3,(H2,15,16,17);1H. The average Bonchev–Trinajstić information content (AvgIpc) is 3.05. The van der Waals surface area contributed by atoms with Crippen molar-refractivity contribution in [1.29, 1.82) is 0 Å². The second-order valence-corrected chi connectivity index (χ2v) is 5.35. The predicted octanol–water partition coefficient (Wildman–Crippen LogP) is 3.69. The van der Waals surface area contributed by atoms with Gasteiger partial charge >= 0.3 is 0 Å². The largest absolute Gasteiger partial charge is 0.464 e. The molecule has 0 aliphatic heterocycles. The van der Waals surface area contributed by atoms with Crippen LogP contribution in [0.15, 0.2) is 39.1 Å². The van der Waals surface area contributed by atoms with Crippen LogP contribution in [0.5, 0.6) is 0 Å². The zero-order valence-corrected chi connectivity index (χ0v) is 15.0. The lowest BCUT2D eigenvalue weighted by molar-refractivity contribution is 0.441. The monoisotopic (exact) mass is 405 g/mol. The van der Waals surface area contributed by atoms with Crippen LogP contribution in [0.25, 0.3) is 0 Å². The lowest BCUT2D eigenvalue weighted by Crippen LogP contribution is -2.38. The number of thiophene rings is 1. The van der Waals surface area contributed by atoms with Crippen LogP contribution in [0.4, 0.5) is 0 Å². The molecule has 2 N–H and O–H groups in total. The lowest BCUT2D eigenvalue weighted by atomic mass is 10.2. The van der Waals surface area contributed by atoms with Crippen molar-refractivity contribution in [3.63, 3.8) is 0 Å². The van der Waals surface area contributed by atoms with E-state index in [0.717, 1.165) is 24.0 Å². The minimum Gasteiger partial charge on any atom is -0.464 e. The van der Waals surface area contributed by atoms with Gasteiger partial charge in [0.05, 0.1) is 12.6 Å². The summed E-state index contributed by atoms with van der Waals surface area (Å²) in [6, 6.07) is 8.19. The second-order valence-electron chi connectivity index (χ2n) is 4.32. The molecule has 0 radical (unpaired) electrons. The van der Waals surface area contributed by atoms with Crippen LogP contribution < -0.4 is 10.6 Å². The zero-order chi connectivity index (χ0) is 13.7. The molecule has 0 saturated heterocycles. The first-order chi connectivity index (χ1) is 9.19. The van der Waals surface area contributed by atoms with Gasteiger partial charge in [-0.05, 0) is 37.4 Å². The van der Waals surface area contributed by atoms with E-state index in [0.29, 0.717) is 0 Å². The molecule has 1 atom stereocenters. The Morgan fingerprint density at radius 2 is 2.20 bits per heavy atom. The molecule has 2 heterocycles. The summed E-state index contributed by atoms with van der Waals surface area (Å²) in [6.45, 7) is 4.78. The van der Waals surface area contributed by atoms with Crippen molar-refractivity contribution in [2.75, 3.05) is 7.05 Å². The lowest BCUT2D eigenvalue weighted by Gasteiger charge is -2.15. The maximum absolute atomic E-state index is 5.60. The van der Waals surface area contributed by atoms with Gasteiger partial charge in [-0.15, -0.1) is 35.3 Å². The number of nitrogens with one attached hydrogen (secondary N) is 2. The Kier molecular flexibility index (Phi) is 7.08. The fourth-order valence-electron chi connectivity index (χ4n) is 1.74. The minimum atomic E-state index is 0. The van der Waals surface area contributed by atoms with Gasteiger partial charge < -0.3 is 15.1 Å². The first-order valence-electron chi connectivity index (χ1n) is 6.25. The molecule has 110 valence electrons. The van der Waals surface area contributed by atoms with E-state index in [4.69, 9.17) is 4.42 Å². The molecule has 0 amide bonds. The number of hydrogen-bond donors (Lipinski definition) is 2. The molecule has 0 aliphatic carbocycles. The average molecular weight is 405 g/mol. The molecule has 4 nitrogen and oxygen atoms in total. The van der Waals surface area contributed by atoms with Crippen molar-refractivity contribution in [1.82, 2.24) is 10.6 Å². The summed E-state index contributed by atoms with van der Waals surface area (Å²) in [5.41, 5.74) is 0. The topological polar surface area (TPSA) is 49.6 Å². The van der Waals surface area contributed by atoms with E-state index in [2.05, 4.69) is 34.0 Å². The third-order valence-corrected chi connectivity index (χ3v) is 3.65. The maximum atomic E-state index is 5.60. The van der Waals surface area contributed by atoms with Crippen LogP contribution in [0.3, 0.4) is 0 Å². The van der Waals surface area contributed by atoms with Gasteiger partial charge in [-0.3, -0.25) is 4.99 Å². The van der Waals surface area contributed by atoms with Crippen molar-refractivity contribution in [3.8, 4) is 0 Å². The summed E-state index contributed by atoms with van der Waals surface area (Å²) < 4.78 is 5.60. The summed E-state index contributed by atoms with van der Waals surface area (Å²) >= 11 is 1.73. The minimum absolute atomic E-state index is 0. The Hall–Kier alpha value is -1.02. The molecule has 0 saturated carbocycles. The number of rotatable bonds is 4. The summed E-state index contributed by atoms with van der Waals surface area (Å²) in [5, 5.41) is 8.67. The van der Waals surface area contributed by atoms with Gasteiger partial charge in [-0.2, -0.15) is 0 Å². The van der Waals surface area contributed by atoms with E-state index in [1.165, 1.54) is 4.88 Å². The van der Waals surface area contributed by atoms with Gasteiger partial charge in [0, 0.05) is 11.9 Å². The highest BCUT2D eigenvalue weighted by atomic mass is 127. The first kappa shape index (κ1) is 17.0. The van der Waals surface area contributed by atoms with Gasteiger partial charge in [-0.25, -0.2) is 0 Å². The molecule has 0 bridgehead atoms. The van der Waals surface area contributed by atoms with Crippen molar-refractivity contribution in [2.45, 2.75) is 26.4 Å². The highest BCUT2D eigenvalue weighted by Gasteiger charge is 2.11. The van der Waals surface area contributed by atoms with Gasteiger partial charge in [0.2, 0.25) is 0 Å². The van der Waals surface area contributed by atoms with Crippen LogP contribution in [-0.4, -0.2) is 13.0 Å². The molecule has 0 spiro atoms. The fraction of sp³-hybridized carbons (Fsp3) is 0.357. The Labute approximate surface area is 140 Å². The molecule has 20 heavy (non-hydrogen) atoms. The van der Waals surface area contributed by atoms with Gasteiger partial charge in [0.15, 0.2) is 5.96 Å². The summed E-state index contributed by atoms with van der Waals surface area (Å²) in [6.07, 6.45) is 0. The Morgan fingerprint density at radius 3 is 2.75 bits per heavy atom. The third kappa shape index (κ3) is 4.82. The molecule has 6 heteroatoms. The Morgan fingerprint density at radius 1 is 1.40 bits per heavy atom. The number of guanidine groups is 1. The van der Waals surface area contributed by atoms with Crippen molar-refractivity contribution < 1.29 is 4.42 Å². The third-order valence-electron chi connectivity index (χ3n) is 2.77. The van der Waals surface area contributed by atoms with E-state index in [1.807, 2.05) is 25.1 Å². The van der Waals surface area contributed by atoms with Crippen LogP contribution in [0.2, 0.25) is 0 Å². The molecule has 2 rings (SSSR count). The number of aryl methyl sites for hydroxylation is 1. The Balaban J connectivity index is 0.00000200. The van der Waals surface area contributed by atoms with E-state index < -0.39 is 0 Å². The number of halogens is 1. The highest BCUT2D eigenvalue weighted by Crippen LogP contribution is 2.15. The number of nitrogens with zero attached hydrogens (tertiary/aromatic N) is 1. The molecule has 2 aromatic heterocycles. The van der Waals surface area contributed by atoms with E-state index in [-0.39, 0.29) is 30.0 Å². The number of furan rings is 1. The van der Waals surface area contributed by atoms with Gasteiger partial charge in [0.1, 0.15) is 11.5 Å². The normalized spacial score (nSPS) is 12.7. The summed E-state index contributed by atoms with van der Waals surface area (Å²) in [4.78, 5) is 5.50. The smallest absolute Gasteiger partial charge is 0.191 e. The molecule has 2 aromatic rings. The van der Waals surface area contributed by atoms with E-state index in [9.17, 15) is 0 Å². The van der Waals surface area contributed by atoms with E-state index >= 15 is 0 Å². The number of hydrogen-bond acceptors (Lipinski definition) is 3. The second kappa shape index (κ2) is 8.31. The first-order valence-corrected chi connectivity index (χ1v) is 7.13. The quantitative estimate of drug-likeness (QED) is 0.464. The molecular weight excluding hydrogens is 385 g/mol. The van der Waals surface area contributed by atoms with Gasteiger partial charge in [0.25, 0.3) is 0 Å². The fourth-order valence-corrected chi connectivity index (χ4v) is 2.39. The molecule has 0 fully saturated rings. The summed E-state index contributed by atoms with van der Waals surface area (Å²) in [7, 11) is 1.77. The van der Waals surface area contributed by atoms with Crippen molar-refractivity contribution in [3.05, 3.63) is 46.0 Å². The van der Waals surface area contributed by atoms with Crippen LogP contribution >= 0.6 is 35.3 Å². The summed E-state index contributed by atoms with van der Waals surface area (Å²) in [5.74, 6) is 2.61. The highest BCUT2D eigenvalue weighted by molar-refractivity contribution is 14.0. The Bertz CT molecular complexity index is 536. The van der Waals surface area contributed by atoms with Crippen molar-refractivity contribution >= 4 is 41.3 Å². The molecular formula is C14H20IN3OS.